The van der Waals surface area contributed by atoms with E-state index in [1.165, 1.54) is 0 Å². The number of carbonyl (C=O) groups is 1. The standard InChI is InChI=1S/C8H6BrIO/c9-8(11)5-6-3-1-2-4-7(6)10/h1-4H,5H2. The molecule has 58 valence electrons. The van der Waals surface area contributed by atoms with Gasteiger partial charge in [0.1, 0.15) is 0 Å². The van der Waals surface area contributed by atoms with Crippen molar-refractivity contribution in [2.75, 3.05) is 0 Å². The Morgan fingerprint density at radius 3 is 2.64 bits per heavy atom. The van der Waals surface area contributed by atoms with E-state index in [1.54, 1.807) is 0 Å². The van der Waals surface area contributed by atoms with Gasteiger partial charge in [0.2, 0.25) is 4.69 Å². The van der Waals surface area contributed by atoms with Crippen LogP contribution in [0.2, 0.25) is 0 Å². The number of carbonyl (C=O) groups excluding carboxylic acids is 1. The van der Waals surface area contributed by atoms with Gasteiger partial charge in [0.05, 0.1) is 0 Å². The predicted molar refractivity (Wildman–Crippen MR) is 56.8 cm³/mol. The van der Waals surface area contributed by atoms with Gasteiger partial charge in [0.15, 0.2) is 0 Å². The fourth-order valence-electron chi connectivity index (χ4n) is 0.791. The fourth-order valence-corrected chi connectivity index (χ4v) is 1.67. The zero-order chi connectivity index (χ0) is 8.27. The lowest BCUT2D eigenvalue weighted by Crippen LogP contribution is -1.94. The van der Waals surface area contributed by atoms with Crippen molar-refractivity contribution < 1.29 is 4.79 Å². The maximum atomic E-state index is 10.7. The van der Waals surface area contributed by atoms with Crippen LogP contribution in [-0.2, 0) is 11.2 Å². The van der Waals surface area contributed by atoms with Crippen LogP contribution in [0, 0.1) is 3.57 Å². The number of hydrogen-bond acceptors (Lipinski definition) is 1. The molecule has 0 amide bonds. The number of benzene rings is 1. The van der Waals surface area contributed by atoms with Crippen LogP contribution in [0.25, 0.3) is 0 Å². The molecule has 0 bridgehead atoms. The van der Waals surface area contributed by atoms with Crippen LogP contribution in [0.4, 0.5) is 0 Å². The molecule has 0 aliphatic heterocycles. The van der Waals surface area contributed by atoms with Gasteiger partial charge in [-0.15, -0.1) is 0 Å². The van der Waals surface area contributed by atoms with Crippen LogP contribution in [0.15, 0.2) is 24.3 Å². The van der Waals surface area contributed by atoms with Crippen LogP contribution in [0.1, 0.15) is 5.56 Å². The molecule has 1 aromatic rings. The molecule has 0 aliphatic carbocycles. The van der Waals surface area contributed by atoms with Gasteiger partial charge in [0, 0.05) is 9.99 Å². The lowest BCUT2D eigenvalue weighted by atomic mass is 10.2. The summed E-state index contributed by atoms with van der Waals surface area (Å²) < 4.78 is 1.17. The van der Waals surface area contributed by atoms with Gasteiger partial charge in [0.25, 0.3) is 0 Å². The lowest BCUT2D eigenvalue weighted by Gasteiger charge is -1.98. The quantitative estimate of drug-likeness (QED) is 0.604. The molecule has 0 aliphatic rings. The van der Waals surface area contributed by atoms with Crippen molar-refractivity contribution in [1.82, 2.24) is 0 Å². The number of hydrogen-bond donors (Lipinski definition) is 0. The predicted octanol–water partition coefficient (Wildman–Crippen LogP) is 2.76. The van der Waals surface area contributed by atoms with E-state index in [-0.39, 0.29) is 4.69 Å². The summed E-state index contributed by atoms with van der Waals surface area (Å²) in [6.07, 6.45) is 0.471. The highest BCUT2D eigenvalue weighted by molar-refractivity contribution is 14.1. The average molecular weight is 325 g/mol. The molecule has 0 radical (unpaired) electrons. The molecule has 0 fully saturated rings. The summed E-state index contributed by atoms with van der Waals surface area (Å²) in [5.41, 5.74) is 1.08. The fraction of sp³-hybridized carbons (Fsp3) is 0.125. The van der Waals surface area contributed by atoms with Gasteiger partial charge < -0.3 is 0 Å². The molecule has 0 N–H and O–H groups in total. The Hall–Kier alpha value is 0.100. The third kappa shape index (κ3) is 2.91. The summed E-state index contributed by atoms with van der Waals surface area (Å²) in [4.78, 5) is 10.7. The van der Waals surface area contributed by atoms with Crippen LogP contribution in [0.5, 0.6) is 0 Å². The minimum Gasteiger partial charge on any atom is -0.286 e. The molecular formula is C8H6BrIO. The smallest absolute Gasteiger partial charge is 0.202 e. The summed E-state index contributed by atoms with van der Waals surface area (Å²) in [5, 5.41) is 0. The van der Waals surface area contributed by atoms with Gasteiger partial charge in [-0.05, 0) is 50.2 Å². The van der Waals surface area contributed by atoms with Crippen LogP contribution < -0.4 is 0 Å². The van der Waals surface area contributed by atoms with Crippen LogP contribution in [0.3, 0.4) is 0 Å². The zero-order valence-corrected chi connectivity index (χ0v) is 9.42. The highest BCUT2D eigenvalue weighted by atomic mass is 127. The van der Waals surface area contributed by atoms with Gasteiger partial charge in [-0.3, -0.25) is 4.79 Å². The van der Waals surface area contributed by atoms with Crippen molar-refractivity contribution in [2.24, 2.45) is 0 Å². The van der Waals surface area contributed by atoms with Crippen molar-refractivity contribution in [3.05, 3.63) is 33.4 Å². The summed E-state index contributed by atoms with van der Waals surface area (Å²) in [6, 6.07) is 7.85. The minimum atomic E-state index is 0.0293. The molecule has 1 nitrogen and oxygen atoms in total. The first-order valence-corrected chi connectivity index (χ1v) is 4.99. The zero-order valence-electron chi connectivity index (χ0n) is 5.68. The van der Waals surface area contributed by atoms with Crippen molar-refractivity contribution in [2.45, 2.75) is 6.42 Å². The monoisotopic (exact) mass is 324 g/mol. The third-order valence-electron chi connectivity index (χ3n) is 1.29. The second-order valence-corrected chi connectivity index (χ2v) is 4.17. The topological polar surface area (TPSA) is 17.1 Å². The summed E-state index contributed by atoms with van der Waals surface area (Å²) in [5.74, 6) is 0. The summed E-state index contributed by atoms with van der Waals surface area (Å²) in [6.45, 7) is 0. The van der Waals surface area contributed by atoms with Crippen molar-refractivity contribution in [3.63, 3.8) is 0 Å². The van der Waals surface area contributed by atoms with E-state index in [4.69, 9.17) is 0 Å². The Balaban J connectivity index is 2.86. The lowest BCUT2D eigenvalue weighted by molar-refractivity contribution is -0.109. The minimum absolute atomic E-state index is 0.0293. The Labute approximate surface area is 87.5 Å². The molecule has 0 unspecified atom stereocenters. The maximum Gasteiger partial charge on any atom is 0.202 e. The maximum absolute atomic E-state index is 10.7. The normalized spacial score (nSPS) is 9.64. The Morgan fingerprint density at radius 2 is 2.09 bits per heavy atom. The van der Waals surface area contributed by atoms with E-state index < -0.39 is 0 Å². The second kappa shape index (κ2) is 4.21. The van der Waals surface area contributed by atoms with Crippen LogP contribution >= 0.6 is 38.5 Å². The van der Waals surface area contributed by atoms with Gasteiger partial charge in [-0.2, -0.15) is 0 Å². The molecule has 0 saturated heterocycles. The van der Waals surface area contributed by atoms with E-state index in [2.05, 4.69) is 38.5 Å². The average Bonchev–Trinajstić information content (AvgIpc) is 1.93. The summed E-state index contributed by atoms with van der Waals surface area (Å²) >= 11 is 5.12. The van der Waals surface area contributed by atoms with Crippen molar-refractivity contribution >= 4 is 43.2 Å². The molecule has 1 rings (SSSR count). The second-order valence-electron chi connectivity index (χ2n) is 2.12. The van der Waals surface area contributed by atoms with E-state index in [1.807, 2.05) is 24.3 Å². The van der Waals surface area contributed by atoms with E-state index in [0.717, 1.165) is 9.13 Å². The van der Waals surface area contributed by atoms with Crippen molar-refractivity contribution in [3.8, 4) is 0 Å². The first-order valence-electron chi connectivity index (χ1n) is 3.12. The van der Waals surface area contributed by atoms with E-state index >= 15 is 0 Å². The molecule has 11 heavy (non-hydrogen) atoms. The Morgan fingerprint density at radius 1 is 1.45 bits per heavy atom. The third-order valence-corrected chi connectivity index (χ3v) is 2.62. The molecular weight excluding hydrogens is 319 g/mol. The molecule has 0 saturated carbocycles. The van der Waals surface area contributed by atoms with Crippen molar-refractivity contribution in [1.29, 1.82) is 0 Å². The van der Waals surface area contributed by atoms with Gasteiger partial charge in [-0.1, -0.05) is 18.2 Å². The summed E-state index contributed by atoms with van der Waals surface area (Å²) in [7, 11) is 0. The molecule has 0 atom stereocenters. The van der Waals surface area contributed by atoms with Gasteiger partial charge >= 0.3 is 0 Å². The highest BCUT2D eigenvalue weighted by Gasteiger charge is 2.01. The number of halogens is 2. The Kier molecular flexibility index (Phi) is 3.51. The van der Waals surface area contributed by atoms with Crippen LogP contribution in [-0.4, -0.2) is 4.69 Å². The molecule has 0 heterocycles. The largest absolute Gasteiger partial charge is 0.286 e. The molecule has 0 aromatic heterocycles. The Bertz CT molecular complexity index is 273. The van der Waals surface area contributed by atoms with Gasteiger partial charge in [-0.25, -0.2) is 0 Å². The highest BCUT2D eigenvalue weighted by Crippen LogP contribution is 2.12. The van der Waals surface area contributed by atoms with E-state index in [0.29, 0.717) is 6.42 Å². The molecule has 3 heteroatoms. The molecule has 1 aromatic carbocycles. The first kappa shape index (κ1) is 9.19. The SMILES string of the molecule is O=C(Br)Cc1ccccc1I. The molecule has 0 spiro atoms. The first-order chi connectivity index (χ1) is 5.20. The number of rotatable bonds is 2. The van der Waals surface area contributed by atoms with E-state index in [9.17, 15) is 4.79 Å².